The van der Waals surface area contributed by atoms with Crippen molar-refractivity contribution in [1.29, 1.82) is 0 Å². The molecule has 0 N–H and O–H groups in total. The second-order valence-electron chi connectivity index (χ2n) is 8.90. The molecule has 2 saturated carbocycles. The van der Waals surface area contributed by atoms with Gasteiger partial charge in [0.05, 0.1) is 24.0 Å². The number of fused-ring (bicyclic) bond motifs is 3. The van der Waals surface area contributed by atoms with Crippen LogP contribution >= 0.6 is 11.8 Å². The fourth-order valence-electron chi connectivity index (χ4n) is 5.56. The van der Waals surface area contributed by atoms with Crippen LogP contribution in [0.5, 0.6) is 0 Å². The molecule has 1 aromatic carbocycles. The minimum atomic E-state index is -2.99. The first-order chi connectivity index (χ1) is 13.4. The summed E-state index contributed by atoms with van der Waals surface area (Å²) < 4.78 is 24.4. The SMILES string of the molecule is Cc1ccc(CC(=O)N=C2S[C@@H]3CS(=O)(=O)C[C@@H]3N2[C@@H]2C[C@@H]3CC[C@@H]2C3)cc1. The molecule has 5 atom stereocenters. The van der Waals surface area contributed by atoms with E-state index in [4.69, 9.17) is 0 Å². The number of aryl methyl sites for hydroxylation is 1. The Balaban J connectivity index is 1.40. The Kier molecular flexibility index (Phi) is 4.58. The molecule has 2 bridgehead atoms. The Morgan fingerprint density at radius 3 is 2.61 bits per heavy atom. The maximum absolute atomic E-state index is 12.7. The molecule has 0 aromatic heterocycles. The van der Waals surface area contributed by atoms with Crippen LogP contribution in [0.15, 0.2) is 29.3 Å². The number of sulfone groups is 1. The Morgan fingerprint density at radius 1 is 1.14 bits per heavy atom. The molecular weight excluding hydrogens is 392 g/mol. The van der Waals surface area contributed by atoms with Gasteiger partial charge in [0.25, 0.3) is 5.91 Å². The largest absolute Gasteiger partial charge is 0.343 e. The average molecular weight is 419 g/mol. The van der Waals surface area contributed by atoms with Gasteiger partial charge in [-0.05, 0) is 43.6 Å². The highest BCUT2D eigenvalue weighted by Gasteiger charge is 2.54. The quantitative estimate of drug-likeness (QED) is 0.755. The number of nitrogens with zero attached hydrogens (tertiary/aromatic N) is 2. The number of amides is 1. The van der Waals surface area contributed by atoms with E-state index in [1.165, 1.54) is 36.6 Å². The van der Waals surface area contributed by atoms with E-state index >= 15 is 0 Å². The summed E-state index contributed by atoms with van der Waals surface area (Å²) in [4.78, 5) is 19.4. The third-order valence-electron chi connectivity index (χ3n) is 6.86. The lowest BCUT2D eigenvalue weighted by atomic mass is 9.93. The summed E-state index contributed by atoms with van der Waals surface area (Å²) in [6.07, 6.45) is 5.20. The van der Waals surface area contributed by atoms with Gasteiger partial charge in [-0.3, -0.25) is 4.79 Å². The Labute approximate surface area is 170 Å². The van der Waals surface area contributed by atoms with Gasteiger partial charge in [-0.25, -0.2) is 8.42 Å². The van der Waals surface area contributed by atoms with Gasteiger partial charge in [0.2, 0.25) is 0 Å². The number of benzene rings is 1. The number of hydrogen-bond acceptors (Lipinski definition) is 4. The van der Waals surface area contributed by atoms with Crippen molar-refractivity contribution in [3.05, 3.63) is 35.4 Å². The van der Waals surface area contributed by atoms with Crippen LogP contribution in [-0.4, -0.2) is 53.2 Å². The molecule has 1 amide bonds. The number of amidine groups is 1. The number of aliphatic imine (C=N–C) groups is 1. The van der Waals surface area contributed by atoms with E-state index in [-0.39, 0.29) is 28.7 Å². The molecule has 7 heteroatoms. The van der Waals surface area contributed by atoms with E-state index in [9.17, 15) is 13.2 Å². The molecule has 28 heavy (non-hydrogen) atoms. The molecule has 4 fully saturated rings. The first-order valence-corrected chi connectivity index (χ1v) is 12.9. The van der Waals surface area contributed by atoms with Gasteiger partial charge in [0, 0.05) is 11.3 Å². The molecule has 0 unspecified atom stereocenters. The predicted molar refractivity (Wildman–Crippen MR) is 112 cm³/mol. The van der Waals surface area contributed by atoms with Crippen molar-refractivity contribution in [1.82, 2.24) is 4.90 Å². The summed E-state index contributed by atoms with van der Waals surface area (Å²) in [5.41, 5.74) is 2.14. The zero-order valence-electron chi connectivity index (χ0n) is 16.1. The lowest BCUT2D eigenvalue weighted by Crippen LogP contribution is -2.47. The zero-order valence-corrected chi connectivity index (χ0v) is 17.7. The Hall–Kier alpha value is -1.34. The van der Waals surface area contributed by atoms with Crippen molar-refractivity contribution < 1.29 is 13.2 Å². The van der Waals surface area contributed by atoms with Crippen molar-refractivity contribution in [2.24, 2.45) is 16.8 Å². The molecule has 4 aliphatic rings. The fraction of sp³-hybridized carbons (Fsp3) is 0.619. The van der Waals surface area contributed by atoms with E-state index in [1.807, 2.05) is 31.2 Å². The topological polar surface area (TPSA) is 66.8 Å². The summed E-state index contributed by atoms with van der Waals surface area (Å²) in [5.74, 6) is 1.68. The maximum Gasteiger partial charge on any atom is 0.252 e. The third-order valence-corrected chi connectivity index (χ3v) is 10.1. The van der Waals surface area contributed by atoms with Crippen LogP contribution in [0.2, 0.25) is 0 Å². The average Bonchev–Trinajstić information content (AvgIpc) is 3.36. The van der Waals surface area contributed by atoms with E-state index in [2.05, 4.69) is 9.89 Å². The molecule has 2 aliphatic carbocycles. The second-order valence-corrected chi connectivity index (χ2v) is 12.3. The van der Waals surface area contributed by atoms with Crippen LogP contribution in [0.3, 0.4) is 0 Å². The Morgan fingerprint density at radius 2 is 1.93 bits per heavy atom. The lowest BCUT2D eigenvalue weighted by Gasteiger charge is -2.36. The van der Waals surface area contributed by atoms with Gasteiger partial charge in [0.15, 0.2) is 15.0 Å². The molecule has 1 aromatic rings. The number of hydrogen-bond donors (Lipinski definition) is 0. The van der Waals surface area contributed by atoms with Crippen LogP contribution in [0, 0.1) is 18.8 Å². The van der Waals surface area contributed by atoms with E-state index in [0.717, 1.165) is 23.1 Å². The minimum absolute atomic E-state index is 0.00900. The fourth-order valence-corrected chi connectivity index (χ4v) is 9.55. The molecule has 5 rings (SSSR count). The number of carbonyl (C=O) groups excluding carboxylic acids is 1. The van der Waals surface area contributed by atoms with Gasteiger partial charge in [-0.1, -0.05) is 48.0 Å². The third kappa shape index (κ3) is 3.41. The van der Waals surface area contributed by atoms with Crippen LogP contribution in [0.25, 0.3) is 0 Å². The summed E-state index contributed by atoms with van der Waals surface area (Å²) in [6, 6.07) is 8.33. The van der Waals surface area contributed by atoms with Crippen molar-refractivity contribution in [2.75, 3.05) is 11.5 Å². The van der Waals surface area contributed by atoms with E-state index < -0.39 is 9.84 Å². The molecule has 2 aliphatic heterocycles. The molecule has 5 nitrogen and oxygen atoms in total. The van der Waals surface area contributed by atoms with Gasteiger partial charge in [-0.2, -0.15) is 4.99 Å². The van der Waals surface area contributed by atoms with Crippen molar-refractivity contribution in [3.8, 4) is 0 Å². The first kappa shape index (κ1) is 18.7. The molecule has 0 spiro atoms. The van der Waals surface area contributed by atoms with Crippen molar-refractivity contribution in [2.45, 2.75) is 56.4 Å². The maximum atomic E-state index is 12.7. The number of carbonyl (C=O) groups is 1. The van der Waals surface area contributed by atoms with E-state index in [1.54, 1.807) is 0 Å². The van der Waals surface area contributed by atoms with Crippen LogP contribution in [0.4, 0.5) is 0 Å². The summed E-state index contributed by atoms with van der Waals surface area (Å²) >= 11 is 1.52. The molecule has 2 heterocycles. The first-order valence-electron chi connectivity index (χ1n) is 10.2. The van der Waals surface area contributed by atoms with Gasteiger partial charge in [-0.15, -0.1) is 0 Å². The molecule has 0 radical (unpaired) electrons. The van der Waals surface area contributed by atoms with Crippen LogP contribution in [-0.2, 0) is 21.1 Å². The lowest BCUT2D eigenvalue weighted by molar-refractivity contribution is -0.117. The predicted octanol–water partition coefficient (Wildman–Crippen LogP) is 2.82. The summed E-state index contributed by atoms with van der Waals surface area (Å²) in [7, 11) is -2.99. The highest BCUT2D eigenvalue weighted by molar-refractivity contribution is 8.15. The highest BCUT2D eigenvalue weighted by Crippen LogP contribution is 2.51. The smallest absolute Gasteiger partial charge is 0.252 e. The minimum Gasteiger partial charge on any atom is -0.343 e. The number of rotatable bonds is 3. The van der Waals surface area contributed by atoms with Gasteiger partial charge in [0.1, 0.15) is 0 Å². The Bertz CT molecular complexity index is 925. The molecule has 2 saturated heterocycles. The van der Waals surface area contributed by atoms with Crippen LogP contribution in [0.1, 0.15) is 36.8 Å². The van der Waals surface area contributed by atoms with Crippen LogP contribution < -0.4 is 0 Å². The van der Waals surface area contributed by atoms with Crippen molar-refractivity contribution >= 4 is 32.7 Å². The molecular formula is C21H26N2O3S2. The summed E-state index contributed by atoms with van der Waals surface area (Å²) in [5, 5.41) is 0.801. The zero-order chi connectivity index (χ0) is 19.5. The van der Waals surface area contributed by atoms with Gasteiger partial charge >= 0.3 is 0 Å². The highest BCUT2D eigenvalue weighted by atomic mass is 32.2. The number of thioether (sulfide) groups is 1. The van der Waals surface area contributed by atoms with Crippen molar-refractivity contribution in [3.63, 3.8) is 0 Å². The van der Waals surface area contributed by atoms with E-state index in [0.29, 0.717) is 18.4 Å². The monoisotopic (exact) mass is 418 g/mol. The normalized spacial score (nSPS) is 37.0. The van der Waals surface area contributed by atoms with Gasteiger partial charge < -0.3 is 4.90 Å². The second kappa shape index (κ2) is 6.87. The summed E-state index contributed by atoms with van der Waals surface area (Å²) in [6.45, 7) is 2.03. The standard InChI is InChI=1S/C21H26N2O3S2/c1-13-2-4-14(5-3-13)10-20(24)22-21-23(17-9-15-6-7-16(17)8-15)18-11-28(25,26)12-19(18)27-21/h2-5,15-19H,6-12H2,1H3/t15-,16-,17-,18+,19-/m1/s1. The molecule has 150 valence electrons.